The van der Waals surface area contributed by atoms with Crippen LogP contribution in [0.1, 0.15) is 31.2 Å². The Morgan fingerprint density at radius 2 is 2.50 bits per heavy atom. The lowest BCUT2D eigenvalue weighted by Crippen LogP contribution is -1.92. The predicted molar refractivity (Wildman–Crippen MR) is 46.5 cm³/mol. The molecule has 1 heterocycles. The highest BCUT2D eigenvalue weighted by Gasteiger charge is 2.03. The number of imidazole rings is 1. The summed E-state index contributed by atoms with van der Waals surface area (Å²) in [4.78, 5) is 7.14. The first-order valence-corrected chi connectivity index (χ1v) is 4.26. The van der Waals surface area contributed by atoms with Crippen molar-refractivity contribution in [3.63, 3.8) is 0 Å². The second-order valence-corrected chi connectivity index (χ2v) is 2.77. The van der Waals surface area contributed by atoms with Crippen LogP contribution < -0.4 is 0 Å². The summed E-state index contributed by atoms with van der Waals surface area (Å²) in [5.41, 5.74) is 2.03. The van der Waals surface area contributed by atoms with Crippen molar-refractivity contribution in [2.75, 3.05) is 0 Å². The van der Waals surface area contributed by atoms with Gasteiger partial charge in [0.15, 0.2) is 0 Å². The van der Waals surface area contributed by atoms with E-state index in [1.807, 2.05) is 0 Å². The lowest BCUT2D eigenvalue weighted by molar-refractivity contribution is 0.774. The van der Waals surface area contributed by atoms with Gasteiger partial charge in [-0.05, 0) is 12.8 Å². The van der Waals surface area contributed by atoms with E-state index in [2.05, 4.69) is 23.0 Å². The lowest BCUT2D eigenvalue weighted by Gasteiger charge is -1.96. The van der Waals surface area contributed by atoms with Crippen molar-refractivity contribution in [2.24, 2.45) is 0 Å². The molecule has 0 aliphatic heterocycles. The third kappa shape index (κ3) is 2.09. The molecule has 0 saturated carbocycles. The molecule has 1 N–H and O–H groups in total. The Morgan fingerprint density at radius 1 is 1.67 bits per heavy atom. The number of nitrogens with zero attached hydrogens (tertiary/aromatic N) is 2. The normalized spacial score (nSPS) is 9.67. The molecule has 0 atom stereocenters. The Morgan fingerprint density at radius 3 is 3.17 bits per heavy atom. The number of unbranched alkanes of at least 4 members (excludes halogenated alkanes) is 1. The van der Waals surface area contributed by atoms with Gasteiger partial charge in [0, 0.05) is 5.69 Å². The number of hydrogen-bond acceptors (Lipinski definition) is 2. The standard InChI is InChI=1S/C9H13N3/c1-2-3-4-8-9(5-6-10)12-7-11-8/h7H,2-5H2,1H3,(H,11,12). The first-order chi connectivity index (χ1) is 5.88. The van der Waals surface area contributed by atoms with Crippen LogP contribution in [0.15, 0.2) is 6.33 Å². The number of hydrogen-bond donors (Lipinski definition) is 1. The third-order valence-corrected chi connectivity index (χ3v) is 1.83. The molecule has 64 valence electrons. The SMILES string of the molecule is CCCCc1[nH]cnc1CC#N. The van der Waals surface area contributed by atoms with Crippen LogP contribution in [0.4, 0.5) is 0 Å². The molecule has 0 radical (unpaired) electrons. The number of nitriles is 1. The number of rotatable bonds is 4. The number of aromatic nitrogens is 2. The van der Waals surface area contributed by atoms with Gasteiger partial charge in [-0.1, -0.05) is 13.3 Å². The molecule has 0 aliphatic rings. The molecule has 0 bridgehead atoms. The maximum Gasteiger partial charge on any atom is 0.0925 e. The Balaban J connectivity index is 2.58. The van der Waals surface area contributed by atoms with Gasteiger partial charge in [-0.15, -0.1) is 0 Å². The van der Waals surface area contributed by atoms with Gasteiger partial charge in [-0.3, -0.25) is 0 Å². The fourth-order valence-electron chi connectivity index (χ4n) is 1.15. The number of nitrogens with one attached hydrogen (secondary N) is 1. The smallest absolute Gasteiger partial charge is 0.0925 e. The van der Waals surface area contributed by atoms with E-state index < -0.39 is 0 Å². The molecule has 1 rings (SSSR count). The largest absolute Gasteiger partial charge is 0.348 e. The van der Waals surface area contributed by atoms with Gasteiger partial charge >= 0.3 is 0 Å². The van der Waals surface area contributed by atoms with Gasteiger partial charge < -0.3 is 4.98 Å². The van der Waals surface area contributed by atoms with Gasteiger partial charge in [0.2, 0.25) is 0 Å². The molecule has 1 aromatic heterocycles. The molecule has 0 fully saturated rings. The average molecular weight is 163 g/mol. The minimum Gasteiger partial charge on any atom is -0.348 e. The van der Waals surface area contributed by atoms with Gasteiger partial charge in [0.25, 0.3) is 0 Å². The van der Waals surface area contributed by atoms with Gasteiger partial charge in [-0.2, -0.15) is 5.26 Å². The molecule has 1 aromatic rings. The van der Waals surface area contributed by atoms with E-state index >= 15 is 0 Å². The second kappa shape index (κ2) is 4.55. The zero-order chi connectivity index (χ0) is 8.81. The summed E-state index contributed by atoms with van der Waals surface area (Å²) in [6, 6.07) is 2.10. The maximum atomic E-state index is 8.48. The molecular weight excluding hydrogens is 150 g/mol. The molecule has 0 unspecified atom stereocenters. The zero-order valence-corrected chi connectivity index (χ0v) is 7.30. The van der Waals surface area contributed by atoms with Crippen molar-refractivity contribution < 1.29 is 0 Å². The molecule has 0 amide bonds. The van der Waals surface area contributed by atoms with E-state index in [4.69, 9.17) is 5.26 Å². The monoisotopic (exact) mass is 163 g/mol. The number of aryl methyl sites for hydroxylation is 1. The van der Waals surface area contributed by atoms with Crippen molar-refractivity contribution in [1.29, 1.82) is 5.26 Å². The summed E-state index contributed by atoms with van der Waals surface area (Å²) in [6.07, 6.45) is 5.42. The quantitative estimate of drug-likeness (QED) is 0.736. The highest BCUT2D eigenvalue weighted by atomic mass is 14.9. The summed E-state index contributed by atoms with van der Waals surface area (Å²) in [6.45, 7) is 2.15. The van der Waals surface area contributed by atoms with Crippen molar-refractivity contribution in [2.45, 2.75) is 32.6 Å². The molecule has 0 saturated heterocycles. The molecule has 12 heavy (non-hydrogen) atoms. The van der Waals surface area contributed by atoms with Gasteiger partial charge in [-0.25, -0.2) is 4.98 Å². The fraction of sp³-hybridized carbons (Fsp3) is 0.556. The van der Waals surface area contributed by atoms with Crippen LogP contribution >= 0.6 is 0 Å². The highest BCUT2D eigenvalue weighted by Crippen LogP contribution is 2.07. The zero-order valence-electron chi connectivity index (χ0n) is 7.30. The van der Waals surface area contributed by atoms with E-state index in [-0.39, 0.29) is 0 Å². The van der Waals surface area contributed by atoms with Crippen LogP contribution in [0.5, 0.6) is 0 Å². The topological polar surface area (TPSA) is 52.5 Å². The molecule has 3 heteroatoms. The Kier molecular flexibility index (Phi) is 3.34. The third-order valence-electron chi connectivity index (χ3n) is 1.83. The number of H-pyrrole nitrogens is 1. The molecule has 0 spiro atoms. The Bertz CT molecular complexity index is 270. The summed E-state index contributed by atoms with van der Waals surface area (Å²) in [5, 5.41) is 8.48. The van der Waals surface area contributed by atoms with Gasteiger partial charge in [0.1, 0.15) is 0 Å². The van der Waals surface area contributed by atoms with Crippen LogP contribution in [0.2, 0.25) is 0 Å². The first-order valence-electron chi connectivity index (χ1n) is 4.26. The lowest BCUT2D eigenvalue weighted by atomic mass is 10.1. The molecule has 0 aliphatic carbocycles. The minimum absolute atomic E-state index is 0.419. The molecule has 3 nitrogen and oxygen atoms in total. The Labute approximate surface area is 72.4 Å². The van der Waals surface area contributed by atoms with Crippen molar-refractivity contribution in [1.82, 2.24) is 9.97 Å². The molecule has 0 aromatic carbocycles. The summed E-state index contributed by atoms with van der Waals surface area (Å²) < 4.78 is 0. The fourth-order valence-corrected chi connectivity index (χ4v) is 1.15. The average Bonchev–Trinajstić information content (AvgIpc) is 2.50. The first kappa shape index (κ1) is 8.79. The summed E-state index contributed by atoms with van der Waals surface area (Å²) >= 11 is 0. The van der Waals surface area contributed by atoms with Crippen molar-refractivity contribution >= 4 is 0 Å². The van der Waals surface area contributed by atoms with E-state index in [0.717, 1.165) is 24.2 Å². The Hall–Kier alpha value is -1.30. The van der Waals surface area contributed by atoms with E-state index in [9.17, 15) is 0 Å². The summed E-state index contributed by atoms with van der Waals surface area (Å²) in [7, 11) is 0. The van der Waals surface area contributed by atoms with Gasteiger partial charge in [0.05, 0.1) is 24.5 Å². The van der Waals surface area contributed by atoms with E-state index in [1.165, 1.54) is 6.42 Å². The molecular formula is C9H13N3. The highest BCUT2D eigenvalue weighted by molar-refractivity contribution is 5.14. The number of aromatic amines is 1. The van der Waals surface area contributed by atoms with E-state index in [0.29, 0.717) is 6.42 Å². The van der Waals surface area contributed by atoms with Crippen LogP contribution in [-0.4, -0.2) is 9.97 Å². The summed E-state index contributed by atoms with van der Waals surface area (Å²) in [5.74, 6) is 0. The van der Waals surface area contributed by atoms with Crippen molar-refractivity contribution in [3.05, 3.63) is 17.7 Å². The van der Waals surface area contributed by atoms with Crippen LogP contribution in [0, 0.1) is 11.3 Å². The minimum atomic E-state index is 0.419. The second-order valence-electron chi connectivity index (χ2n) is 2.77. The predicted octanol–water partition coefficient (Wildman–Crippen LogP) is 1.82. The van der Waals surface area contributed by atoms with Crippen molar-refractivity contribution in [3.8, 4) is 6.07 Å². The van der Waals surface area contributed by atoms with E-state index in [1.54, 1.807) is 6.33 Å². The van der Waals surface area contributed by atoms with Crippen LogP contribution in [-0.2, 0) is 12.8 Å². The van der Waals surface area contributed by atoms with Crippen LogP contribution in [0.25, 0.3) is 0 Å². The van der Waals surface area contributed by atoms with Crippen LogP contribution in [0.3, 0.4) is 0 Å². The maximum absolute atomic E-state index is 8.48.